The molecule has 2 aromatic carbocycles. The van der Waals surface area contributed by atoms with Gasteiger partial charge >= 0.3 is 5.97 Å². The number of carboxylic acid groups (broad SMARTS) is 1. The Morgan fingerprint density at radius 3 is 2.10 bits per heavy atom. The molecule has 0 aliphatic heterocycles. The predicted octanol–water partition coefficient (Wildman–Crippen LogP) is 3.83. The van der Waals surface area contributed by atoms with Crippen molar-refractivity contribution in [2.24, 2.45) is 0 Å². The molecule has 31 heavy (non-hydrogen) atoms. The van der Waals surface area contributed by atoms with Gasteiger partial charge in [-0.15, -0.1) is 0 Å². The lowest BCUT2D eigenvalue weighted by Crippen LogP contribution is -2.29. The van der Waals surface area contributed by atoms with Gasteiger partial charge in [0, 0.05) is 0 Å². The fraction of sp³-hybridized carbons (Fsp3) is 0.0870. The molecule has 0 atom stereocenters. The summed E-state index contributed by atoms with van der Waals surface area (Å²) in [6.07, 6.45) is 2.19. The summed E-state index contributed by atoms with van der Waals surface area (Å²) in [5.74, 6) is -0.845. The van der Waals surface area contributed by atoms with Gasteiger partial charge in [-0.05, 0) is 11.1 Å². The van der Waals surface area contributed by atoms with Crippen molar-refractivity contribution in [2.75, 3.05) is 0 Å². The summed E-state index contributed by atoms with van der Waals surface area (Å²) in [5, 5.41) is 21.6. The van der Waals surface area contributed by atoms with Crippen LogP contribution in [-0.2, 0) is 13.2 Å². The topological polar surface area (TPSA) is 109 Å². The van der Waals surface area contributed by atoms with E-state index in [4.69, 9.17) is 19.0 Å². The summed E-state index contributed by atoms with van der Waals surface area (Å²) in [6, 6.07) is 20.5. The second-order valence-corrected chi connectivity index (χ2v) is 6.60. The summed E-state index contributed by atoms with van der Waals surface area (Å²) in [6.45, 7) is 0.487. The molecule has 0 saturated carbocycles. The van der Waals surface area contributed by atoms with Crippen molar-refractivity contribution < 1.29 is 28.5 Å². The highest BCUT2D eigenvalue weighted by molar-refractivity contribution is 5.85. The van der Waals surface area contributed by atoms with Crippen molar-refractivity contribution in [3.63, 3.8) is 0 Å². The first-order valence-electron chi connectivity index (χ1n) is 9.40. The molecule has 4 aromatic rings. The van der Waals surface area contributed by atoms with Crippen LogP contribution in [0.2, 0.25) is 0 Å². The zero-order valence-corrected chi connectivity index (χ0v) is 16.3. The Balaban J connectivity index is 1.64. The summed E-state index contributed by atoms with van der Waals surface area (Å²) in [7, 11) is 0. The van der Waals surface area contributed by atoms with E-state index in [1.54, 1.807) is 0 Å². The van der Waals surface area contributed by atoms with Gasteiger partial charge in [-0.1, -0.05) is 60.7 Å². The van der Waals surface area contributed by atoms with Crippen LogP contribution in [0.25, 0.3) is 11.6 Å². The van der Waals surface area contributed by atoms with Crippen molar-refractivity contribution in [2.45, 2.75) is 13.2 Å². The number of oxazole rings is 1. The third kappa shape index (κ3) is 4.81. The minimum atomic E-state index is -1.25. The first-order chi connectivity index (χ1) is 15.1. The lowest BCUT2D eigenvalue weighted by atomic mass is 10.2. The molecule has 4 rings (SSSR count). The maximum atomic E-state index is 12.6. The fourth-order valence-corrected chi connectivity index (χ4v) is 2.84. The van der Waals surface area contributed by atoms with Crippen molar-refractivity contribution in [3.05, 3.63) is 101 Å². The molecule has 0 fully saturated rings. The molecular weight excluding hydrogens is 400 g/mol. The number of rotatable bonds is 8. The maximum Gasteiger partial charge on any atom is 0.357 e. The van der Waals surface area contributed by atoms with Gasteiger partial charge in [-0.25, -0.2) is 4.79 Å². The minimum Gasteiger partial charge on any atom is -0.618 e. The quantitative estimate of drug-likeness (QED) is 0.342. The van der Waals surface area contributed by atoms with Crippen molar-refractivity contribution in [1.82, 2.24) is 4.98 Å². The van der Waals surface area contributed by atoms with Crippen LogP contribution >= 0.6 is 0 Å². The van der Waals surface area contributed by atoms with E-state index in [0.29, 0.717) is 10.5 Å². The third-order valence-corrected chi connectivity index (χ3v) is 4.40. The van der Waals surface area contributed by atoms with E-state index < -0.39 is 5.97 Å². The second kappa shape index (κ2) is 9.00. The van der Waals surface area contributed by atoms with Gasteiger partial charge in [0.15, 0.2) is 11.4 Å². The number of pyridine rings is 1. The van der Waals surface area contributed by atoms with Crippen LogP contribution in [0.1, 0.15) is 21.6 Å². The van der Waals surface area contributed by atoms with Gasteiger partial charge in [0.1, 0.15) is 19.5 Å². The van der Waals surface area contributed by atoms with Gasteiger partial charge in [-0.3, -0.25) is 0 Å². The van der Waals surface area contributed by atoms with E-state index in [1.807, 2.05) is 60.7 Å². The summed E-state index contributed by atoms with van der Waals surface area (Å²) < 4.78 is 17.4. The number of benzene rings is 2. The molecule has 0 saturated heterocycles. The van der Waals surface area contributed by atoms with Crippen LogP contribution in [0.4, 0.5) is 0 Å². The number of aromatic nitrogens is 2. The van der Waals surface area contributed by atoms with Crippen LogP contribution in [-0.4, -0.2) is 16.1 Å². The molecule has 8 nitrogen and oxygen atoms in total. The first kappa shape index (κ1) is 20.0. The number of nitrogens with zero attached hydrogens (tertiary/aromatic N) is 2. The molecule has 0 amide bonds. The smallest absolute Gasteiger partial charge is 0.357 e. The molecule has 0 spiro atoms. The lowest BCUT2D eigenvalue weighted by molar-refractivity contribution is -0.594. The average molecular weight is 418 g/mol. The Kier molecular flexibility index (Phi) is 5.79. The Bertz CT molecular complexity index is 1180. The highest BCUT2D eigenvalue weighted by Gasteiger charge is 2.23. The van der Waals surface area contributed by atoms with E-state index >= 15 is 0 Å². The fourth-order valence-electron chi connectivity index (χ4n) is 2.84. The molecule has 0 radical (unpaired) electrons. The number of carbonyl (C=O) groups is 1. The summed E-state index contributed by atoms with van der Waals surface area (Å²) >= 11 is 0. The normalized spacial score (nSPS) is 10.6. The van der Waals surface area contributed by atoms with Crippen molar-refractivity contribution in [1.29, 1.82) is 0 Å². The predicted molar refractivity (Wildman–Crippen MR) is 109 cm³/mol. The van der Waals surface area contributed by atoms with E-state index in [2.05, 4.69) is 4.98 Å². The SMILES string of the molecule is O=C(O)c1coc(-c2cc(OCc3ccccc3)c(OCc3ccccc3)c[n+]2[O-])n1. The molecule has 2 heterocycles. The monoisotopic (exact) mass is 418 g/mol. The van der Waals surface area contributed by atoms with Gasteiger partial charge in [0.05, 0.1) is 6.07 Å². The summed E-state index contributed by atoms with van der Waals surface area (Å²) in [5.41, 5.74) is 1.56. The highest BCUT2D eigenvalue weighted by Crippen LogP contribution is 2.31. The molecule has 1 N–H and O–H groups in total. The molecule has 0 bridgehead atoms. The van der Waals surface area contributed by atoms with Crippen LogP contribution in [0.3, 0.4) is 0 Å². The molecular formula is C23H18N2O6. The van der Waals surface area contributed by atoms with E-state index in [0.717, 1.165) is 17.4 Å². The van der Waals surface area contributed by atoms with E-state index in [9.17, 15) is 10.0 Å². The Morgan fingerprint density at radius 1 is 0.968 bits per heavy atom. The van der Waals surface area contributed by atoms with E-state index in [1.165, 1.54) is 12.3 Å². The lowest BCUT2D eigenvalue weighted by Gasteiger charge is -2.13. The van der Waals surface area contributed by atoms with Crippen LogP contribution in [0, 0.1) is 5.21 Å². The molecule has 0 aliphatic rings. The van der Waals surface area contributed by atoms with Gasteiger partial charge in [0.2, 0.25) is 11.9 Å². The zero-order chi connectivity index (χ0) is 21.6. The first-order valence-corrected chi connectivity index (χ1v) is 9.40. The van der Waals surface area contributed by atoms with Crippen LogP contribution in [0.5, 0.6) is 11.5 Å². The number of carboxylic acids is 1. The number of aromatic carboxylic acids is 1. The highest BCUT2D eigenvalue weighted by atomic mass is 16.5. The van der Waals surface area contributed by atoms with Crippen molar-refractivity contribution >= 4 is 5.97 Å². The standard InChI is InChI=1S/C23H18N2O6/c26-23(27)18-15-31-22(24-18)19-11-20(29-13-16-7-3-1-4-8-16)21(12-25(19)28)30-14-17-9-5-2-6-10-17/h1-12,15H,13-14H2,(H,26,27). The minimum absolute atomic E-state index is 0.00243. The molecule has 0 aliphatic carbocycles. The number of hydrogen-bond acceptors (Lipinski definition) is 6. The van der Waals surface area contributed by atoms with Crippen molar-refractivity contribution in [3.8, 4) is 23.1 Å². The Labute approximate surface area is 177 Å². The van der Waals surface area contributed by atoms with Gasteiger partial charge < -0.3 is 24.2 Å². The molecule has 0 unspecified atom stereocenters. The molecule has 8 heteroatoms. The summed E-state index contributed by atoms with van der Waals surface area (Å²) in [4.78, 5) is 14.9. The second-order valence-electron chi connectivity index (χ2n) is 6.60. The maximum absolute atomic E-state index is 12.6. The molecule has 2 aromatic heterocycles. The molecule has 156 valence electrons. The van der Waals surface area contributed by atoms with Gasteiger partial charge in [0.25, 0.3) is 11.6 Å². The Hall–Kier alpha value is -4.33. The third-order valence-electron chi connectivity index (χ3n) is 4.40. The largest absolute Gasteiger partial charge is 0.618 e. The number of ether oxygens (including phenoxy) is 2. The average Bonchev–Trinajstić information content (AvgIpc) is 3.29. The van der Waals surface area contributed by atoms with E-state index in [-0.39, 0.29) is 36.2 Å². The number of hydrogen-bond donors (Lipinski definition) is 1. The Morgan fingerprint density at radius 2 is 1.55 bits per heavy atom. The zero-order valence-electron chi connectivity index (χ0n) is 16.3. The van der Waals surface area contributed by atoms with Gasteiger partial charge in [-0.2, -0.15) is 9.71 Å². The van der Waals surface area contributed by atoms with Crippen LogP contribution < -0.4 is 14.2 Å². The van der Waals surface area contributed by atoms with Crippen LogP contribution in [0.15, 0.2) is 83.6 Å².